The van der Waals surface area contributed by atoms with Gasteiger partial charge in [0.1, 0.15) is 0 Å². The number of methoxy groups -OCH3 is 1. The fourth-order valence-electron chi connectivity index (χ4n) is 3.75. The van der Waals surface area contributed by atoms with Crippen LogP contribution >= 0.6 is 0 Å². The van der Waals surface area contributed by atoms with Gasteiger partial charge < -0.3 is 4.74 Å². The van der Waals surface area contributed by atoms with Crippen molar-refractivity contribution in [3.05, 3.63) is 59.2 Å². The van der Waals surface area contributed by atoms with Crippen molar-refractivity contribution in [1.82, 2.24) is 0 Å². The van der Waals surface area contributed by atoms with Gasteiger partial charge in [0.05, 0.1) is 7.11 Å². The second-order valence-corrected chi connectivity index (χ2v) is 6.31. The van der Waals surface area contributed by atoms with E-state index in [-0.39, 0.29) is 11.8 Å². The van der Waals surface area contributed by atoms with Crippen LogP contribution in [0.1, 0.15) is 34.3 Å². The number of ether oxygens (including phenoxy) is 1. The van der Waals surface area contributed by atoms with Crippen molar-refractivity contribution in [3.63, 3.8) is 0 Å². The number of ketones is 1. The lowest BCUT2D eigenvalue weighted by atomic mass is 9.83. The number of carbonyl (C=O) groups is 2. The van der Waals surface area contributed by atoms with Crippen LogP contribution < -0.4 is 0 Å². The summed E-state index contributed by atoms with van der Waals surface area (Å²) in [5.41, 5.74) is 3.12. The van der Waals surface area contributed by atoms with Crippen molar-refractivity contribution < 1.29 is 14.3 Å². The van der Waals surface area contributed by atoms with E-state index in [1.807, 2.05) is 24.3 Å². The molecule has 120 valence electrons. The zero-order valence-corrected chi connectivity index (χ0v) is 13.6. The summed E-state index contributed by atoms with van der Waals surface area (Å²) in [5, 5.41) is 4.60. The molecule has 0 bridgehead atoms. The van der Waals surface area contributed by atoms with Crippen LogP contribution in [-0.2, 0) is 22.4 Å². The Morgan fingerprint density at radius 1 is 1.08 bits per heavy atom. The fourth-order valence-corrected chi connectivity index (χ4v) is 3.75. The molecule has 0 aliphatic heterocycles. The van der Waals surface area contributed by atoms with E-state index in [4.69, 9.17) is 4.74 Å². The van der Waals surface area contributed by atoms with Gasteiger partial charge in [-0.15, -0.1) is 0 Å². The number of esters is 1. The smallest absolute Gasteiger partial charge is 0.305 e. The van der Waals surface area contributed by atoms with E-state index in [2.05, 4.69) is 18.2 Å². The molecule has 0 atom stereocenters. The first kappa shape index (κ1) is 14.9. The SMILES string of the molecule is COC(=O)CCCc1ccc2c3c1ccc1cccc(c13)CC2=O. The summed E-state index contributed by atoms with van der Waals surface area (Å²) < 4.78 is 4.71. The number of hydrogen-bond acceptors (Lipinski definition) is 3. The average molecular weight is 318 g/mol. The first-order valence-corrected chi connectivity index (χ1v) is 8.25. The third kappa shape index (κ3) is 2.28. The molecule has 0 amide bonds. The largest absolute Gasteiger partial charge is 0.469 e. The van der Waals surface area contributed by atoms with E-state index in [9.17, 15) is 9.59 Å². The highest BCUT2D eigenvalue weighted by molar-refractivity contribution is 6.23. The first-order valence-electron chi connectivity index (χ1n) is 8.25. The molecule has 1 aliphatic carbocycles. The van der Waals surface area contributed by atoms with Crippen LogP contribution in [-0.4, -0.2) is 18.9 Å². The molecule has 3 aromatic carbocycles. The monoisotopic (exact) mass is 318 g/mol. The zero-order valence-electron chi connectivity index (χ0n) is 13.6. The molecule has 3 heteroatoms. The lowest BCUT2D eigenvalue weighted by Gasteiger charge is -2.19. The van der Waals surface area contributed by atoms with E-state index in [1.54, 1.807) is 0 Å². The zero-order chi connectivity index (χ0) is 16.7. The van der Waals surface area contributed by atoms with Crippen LogP contribution in [0.15, 0.2) is 42.5 Å². The molecule has 1 aliphatic rings. The molecule has 0 heterocycles. The standard InChI is InChI=1S/C21H18O3/c1-24-19(23)7-3-4-13-8-11-17-18(22)12-15-6-2-5-14-9-10-16(13)21(17)20(14)15/h2,5-6,8-11H,3-4,7,12H2,1H3. The topological polar surface area (TPSA) is 43.4 Å². The van der Waals surface area contributed by atoms with Gasteiger partial charge in [0, 0.05) is 23.8 Å². The molecule has 0 unspecified atom stereocenters. The molecule has 0 N–H and O–H groups in total. The summed E-state index contributed by atoms with van der Waals surface area (Å²) in [6.45, 7) is 0. The van der Waals surface area contributed by atoms with E-state index < -0.39 is 0 Å². The van der Waals surface area contributed by atoms with Gasteiger partial charge in [-0.3, -0.25) is 9.59 Å². The minimum atomic E-state index is -0.181. The number of rotatable bonds is 4. The van der Waals surface area contributed by atoms with Gasteiger partial charge >= 0.3 is 5.97 Å². The molecule has 24 heavy (non-hydrogen) atoms. The molecule has 0 saturated carbocycles. The predicted octanol–water partition coefficient (Wildman–Crippen LogP) is 4.23. The Labute approximate surface area is 140 Å². The highest BCUT2D eigenvalue weighted by atomic mass is 16.5. The number of hydrogen-bond donors (Lipinski definition) is 0. The lowest BCUT2D eigenvalue weighted by Crippen LogP contribution is -2.11. The van der Waals surface area contributed by atoms with E-state index in [0.717, 1.165) is 34.7 Å². The Hall–Kier alpha value is -2.68. The summed E-state index contributed by atoms with van der Waals surface area (Å²) in [7, 11) is 1.41. The van der Waals surface area contributed by atoms with E-state index in [1.165, 1.54) is 23.4 Å². The molecule has 0 aromatic heterocycles. The normalized spacial score (nSPS) is 13.0. The Morgan fingerprint density at radius 3 is 2.79 bits per heavy atom. The summed E-state index contributed by atoms with van der Waals surface area (Å²) in [5.74, 6) is 0.00673. The van der Waals surface area contributed by atoms with Crippen molar-refractivity contribution in [2.24, 2.45) is 0 Å². The summed E-state index contributed by atoms with van der Waals surface area (Å²) in [4.78, 5) is 23.8. The average Bonchev–Trinajstić information content (AvgIpc) is 2.60. The molecular formula is C21H18O3. The van der Waals surface area contributed by atoms with E-state index in [0.29, 0.717) is 12.8 Å². The minimum Gasteiger partial charge on any atom is -0.469 e. The highest BCUT2D eigenvalue weighted by Crippen LogP contribution is 2.37. The number of carbonyl (C=O) groups excluding carboxylic acids is 2. The minimum absolute atomic E-state index is 0.181. The van der Waals surface area contributed by atoms with Crippen molar-refractivity contribution in [2.75, 3.05) is 7.11 Å². The van der Waals surface area contributed by atoms with Crippen LogP contribution in [0.2, 0.25) is 0 Å². The van der Waals surface area contributed by atoms with Gasteiger partial charge in [-0.1, -0.05) is 42.5 Å². The lowest BCUT2D eigenvalue weighted by molar-refractivity contribution is -0.140. The Bertz CT molecular complexity index is 985. The summed E-state index contributed by atoms with van der Waals surface area (Å²) >= 11 is 0. The molecule has 3 nitrogen and oxygen atoms in total. The molecule has 0 spiro atoms. The Morgan fingerprint density at radius 2 is 1.96 bits per heavy atom. The van der Waals surface area contributed by atoms with Gasteiger partial charge in [0.15, 0.2) is 5.78 Å². The summed E-state index contributed by atoms with van der Waals surface area (Å²) in [6, 6.07) is 14.4. The maximum atomic E-state index is 12.5. The van der Waals surface area contributed by atoms with Gasteiger partial charge in [-0.2, -0.15) is 0 Å². The number of aryl methyl sites for hydroxylation is 1. The summed E-state index contributed by atoms with van der Waals surface area (Å²) in [6.07, 6.45) is 2.44. The number of benzene rings is 3. The van der Waals surface area contributed by atoms with Crippen molar-refractivity contribution in [2.45, 2.75) is 25.7 Å². The molecular weight excluding hydrogens is 300 g/mol. The number of Topliss-reactive ketones (excluding diaryl/α,β-unsaturated/α-hetero) is 1. The van der Waals surface area contributed by atoms with Crippen molar-refractivity contribution in [1.29, 1.82) is 0 Å². The highest BCUT2D eigenvalue weighted by Gasteiger charge is 2.22. The van der Waals surface area contributed by atoms with Gasteiger partial charge in [0.2, 0.25) is 0 Å². The molecule has 0 fully saturated rings. The van der Waals surface area contributed by atoms with Crippen LogP contribution in [0.4, 0.5) is 0 Å². The quantitative estimate of drug-likeness (QED) is 0.534. The van der Waals surface area contributed by atoms with Crippen LogP contribution in [0.5, 0.6) is 0 Å². The van der Waals surface area contributed by atoms with Crippen molar-refractivity contribution in [3.8, 4) is 0 Å². The van der Waals surface area contributed by atoms with Gasteiger partial charge in [-0.25, -0.2) is 0 Å². The fraction of sp³-hybridized carbons (Fsp3) is 0.238. The van der Waals surface area contributed by atoms with Crippen LogP contribution in [0.3, 0.4) is 0 Å². The maximum Gasteiger partial charge on any atom is 0.305 e. The molecule has 0 radical (unpaired) electrons. The third-order valence-electron chi connectivity index (χ3n) is 4.90. The second-order valence-electron chi connectivity index (χ2n) is 6.31. The second kappa shape index (κ2) is 5.75. The third-order valence-corrected chi connectivity index (χ3v) is 4.90. The predicted molar refractivity (Wildman–Crippen MR) is 94.4 cm³/mol. The Kier molecular flexibility index (Phi) is 3.57. The molecule has 4 rings (SSSR count). The van der Waals surface area contributed by atoms with Gasteiger partial charge in [0.25, 0.3) is 0 Å². The first-order chi connectivity index (χ1) is 11.7. The van der Waals surface area contributed by atoms with Crippen LogP contribution in [0.25, 0.3) is 21.5 Å². The maximum absolute atomic E-state index is 12.5. The Balaban J connectivity index is 1.86. The van der Waals surface area contributed by atoms with Gasteiger partial charge in [-0.05, 0) is 40.1 Å². The van der Waals surface area contributed by atoms with E-state index >= 15 is 0 Å². The molecule has 3 aromatic rings. The van der Waals surface area contributed by atoms with Crippen molar-refractivity contribution >= 4 is 33.3 Å². The van der Waals surface area contributed by atoms with Crippen LogP contribution in [0, 0.1) is 0 Å². The molecule has 0 saturated heterocycles.